The lowest BCUT2D eigenvalue weighted by atomic mass is 10.0. The van der Waals surface area contributed by atoms with Crippen LogP contribution in [0.3, 0.4) is 0 Å². The summed E-state index contributed by atoms with van der Waals surface area (Å²) in [6, 6.07) is 5.86. The molecule has 0 aliphatic rings. The predicted octanol–water partition coefficient (Wildman–Crippen LogP) is 4.04. The first-order valence-corrected chi connectivity index (χ1v) is 8.26. The van der Waals surface area contributed by atoms with Crippen LogP contribution >= 0.6 is 22.9 Å². The Balaban J connectivity index is 2.19. The van der Waals surface area contributed by atoms with E-state index >= 15 is 0 Å². The molecular weight excluding hydrogens is 318 g/mol. The number of benzene rings is 1. The zero-order valence-corrected chi connectivity index (χ0v) is 13.9. The summed E-state index contributed by atoms with van der Waals surface area (Å²) < 4.78 is 1.98. The van der Waals surface area contributed by atoms with Crippen molar-refractivity contribution in [1.29, 1.82) is 0 Å². The highest BCUT2D eigenvalue weighted by Crippen LogP contribution is 2.30. The molecule has 0 bridgehead atoms. The second-order valence-electron chi connectivity index (χ2n) is 5.66. The molecule has 2 aromatic heterocycles. The number of nitrogens with zero attached hydrogens (tertiary/aromatic N) is 2. The van der Waals surface area contributed by atoms with E-state index in [4.69, 9.17) is 17.3 Å². The number of thiazole rings is 1. The Morgan fingerprint density at radius 2 is 2.23 bits per heavy atom. The van der Waals surface area contributed by atoms with E-state index < -0.39 is 5.91 Å². The van der Waals surface area contributed by atoms with Crippen LogP contribution in [0.5, 0.6) is 0 Å². The molecule has 0 unspecified atom stereocenters. The number of carbonyl (C=O) groups is 1. The lowest BCUT2D eigenvalue weighted by Crippen LogP contribution is -2.11. The van der Waals surface area contributed by atoms with Gasteiger partial charge >= 0.3 is 0 Å². The van der Waals surface area contributed by atoms with E-state index in [1.54, 1.807) is 5.38 Å². The van der Waals surface area contributed by atoms with Gasteiger partial charge in [0.1, 0.15) is 5.69 Å². The van der Waals surface area contributed by atoms with Crippen molar-refractivity contribution in [3.8, 4) is 5.13 Å². The molecule has 0 aliphatic heterocycles. The lowest BCUT2D eigenvalue weighted by molar-refractivity contribution is 0.0996. The van der Waals surface area contributed by atoms with E-state index in [1.807, 2.05) is 22.8 Å². The Morgan fingerprint density at radius 1 is 1.45 bits per heavy atom. The molecular formula is C16H16ClN3OS. The van der Waals surface area contributed by atoms with Gasteiger partial charge in [-0.05, 0) is 30.0 Å². The average molecular weight is 334 g/mol. The molecule has 0 saturated carbocycles. The molecule has 4 nitrogen and oxygen atoms in total. The third-order valence-corrected chi connectivity index (χ3v) is 4.50. The fourth-order valence-corrected chi connectivity index (χ4v) is 3.49. The molecule has 22 heavy (non-hydrogen) atoms. The molecule has 0 spiro atoms. The van der Waals surface area contributed by atoms with Crippen molar-refractivity contribution in [2.75, 3.05) is 0 Å². The SMILES string of the molecule is CC(C)Cc1cn(-c2nc(C(N)=O)cs2)c2cc(Cl)ccc12. The molecule has 114 valence electrons. The highest BCUT2D eigenvalue weighted by atomic mass is 35.5. The first-order chi connectivity index (χ1) is 10.5. The Bertz CT molecular complexity index is 850. The van der Waals surface area contributed by atoms with Gasteiger partial charge in [0.25, 0.3) is 5.91 Å². The van der Waals surface area contributed by atoms with Crippen LogP contribution in [0.4, 0.5) is 0 Å². The largest absolute Gasteiger partial charge is 0.364 e. The van der Waals surface area contributed by atoms with Gasteiger partial charge < -0.3 is 5.73 Å². The van der Waals surface area contributed by atoms with Gasteiger partial charge in [-0.2, -0.15) is 0 Å². The van der Waals surface area contributed by atoms with Crippen molar-refractivity contribution in [1.82, 2.24) is 9.55 Å². The number of fused-ring (bicyclic) bond motifs is 1. The Labute approximate surface area is 137 Å². The standard InChI is InChI=1S/C16H16ClN3OS/c1-9(2)5-10-7-20(14-6-11(17)3-4-12(10)14)16-19-13(8-22-16)15(18)21/h3-4,6-9H,5H2,1-2H3,(H2,18,21). The molecule has 0 saturated heterocycles. The van der Waals surface area contributed by atoms with Gasteiger partial charge in [0, 0.05) is 22.0 Å². The quantitative estimate of drug-likeness (QED) is 0.783. The van der Waals surface area contributed by atoms with Crippen LogP contribution in [-0.4, -0.2) is 15.5 Å². The van der Waals surface area contributed by atoms with Crippen molar-refractivity contribution in [3.05, 3.63) is 46.1 Å². The van der Waals surface area contributed by atoms with Gasteiger partial charge in [-0.25, -0.2) is 4.98 Å². The zero-order chi connectivity index (χ0) is 15.9. The Morgan fingerprint density at radius 3 is 2.86 bits per heavy atom. The summed E-state index contributed by atoms with van der Waals surface area (Å²) in [5, 5.41) is 4.23. The zero-order valence-electron chi connectivity index (χ0n) is 12.3. The summed E-state index contributed by atoms with van der Waals surface area (Å²) in [4.78, 5) is 15.6. The number of hydrogen-bond acceptors (Lipinski definition) is 3. The molecule has 0 atom stereocenters. The fraction of sp³-hybridized carbons (Fsp3) is 0.250. The Hall–Kier alpha value is -1.85. The highest BCUT2D eigenvalue weighted by molar-refractivity contribution is 7.12. The van der Waals surface area contributed by atoms with E-state index in [0.29, 0.717) is 10.9 Å². The van der Waals surface area contributed by atoms with Gasteiger partial charge in [-0.3, -0.25) is 9.36 Å². The van der Waals surface area contributed by atoms with Crippen LogP contribution in [0, 0.1) is 5.92 Å². The van der Waals surface area contributed by atoms with Crippen LogP contribution in [0.1, 0.15) is 29.9 Å². The summed E-state index contributed by atoms with van der Waals surface area (Å²) in [5.74, 6) is 0.0339. The monoisotopic (exact) mass is 333 g/mol. The molecule has 0 radical (unpaired) electrons. The van der Waals surface area contributed by atoms with Crippen LogP contribution in [0.15, 0.2) is 29.8 Å². The topological polar surface area (TPSA) is 60.9 Å². The van der Waals surface area contributed by atoms with Crippen molar-refractivity contribution in [2.24, 2.45) is 11.7 Å². The molecule has 2 heterocycles. The number of aromatic nitrogens is 2. The van der Waals surface area contributed by atoms with E-state index in [9.17, 15) is 4.79 Å². The number of nitrogens with two attached hydrogens (primary N) is 1. The van der Waals surface area contributed by atoms with Crippen LogP contribution in [-0.2, 0) is 6.42 Å². The third-order valence-electron chi connectivity index (χ3n) is 3.43. The average Bonchev–Trinajstić information content (AvgIpc) is 3.03. The molecule has 0 fully saturated rings. The second kappa shape index (κ2) is 5.74. The van der Waals surface area contributed by atoms with Gasteiger partial charge in [0.05, 0.1) is 5.52 Å². The van der Waals surface area contributed by atoms with Crippen molar-refractivity contribution < 1.29 is 4.79 Å². The van der Waals surface area contributed by atoms with Crippen LogP contribution < -0.4 is 5.73 Å². The second-order valence-corrected chi connectivity index (χ2v) is 6.94. The van der Waals surface area contributed by atoms with Gasteiger partial charge in [0.15, 0.2) is 5.13 Å². The first kappa shape index (κ1) is 15.1. The molecule has 3 rings (SSSR count). The maximum absolute atomic E-state index is 11.2. The number of hydrogen-bond donors (Lipinski definition) is 1. The smallest absolute Gasteiger partial charge is 0.268 e. The fourth-order valence-electron chi connectivity index (χ4n) is 2.52. The van der Waals surface area contributed by atoms with Gasteiger partial charge in [0.2, 0.25) is 0 Å². The maximum Gasteiger partial charge on any atom is 0.268 e. The molecule has 0 aliphatic carbocycles. The van der Waals surface area contributed by atoms with Crippen molar-refractivity contribution >= 4 is 39.7 Å². The number of amides is 1. The lowest BCUT2D eigenvalue weighted by Gasteiger charge is -2.02. The van der Waals surface area contributed by atoms with Gasteiger partial charge in [-0.1, -0.05) is 31.5 Å². The minimum absolute atomic E-state index is 0.286. The van der Waals surface area contributed by atoms with Crippen molar-refractivity contribution in [2.45, 2.75) is 20.3 Å². The highest BCUT2D eigenvalue weighted by Gasteiger charge is 2.15. The summed E-state index contributed by atoms with van der Waals surface area (Å²) >= 11 is 7.54. The minimum atomic E-state index is -0.514. The molecule has 1 amide bonds. The van der Waals surface area contributed by atoms with Crippen molar-refractivity contribution in [3.63, 3.8) is 0 Å². The van der Waals surface area contributed by atoms with Gasteiger partial charge in [-0.15, -0.1) is 11.3 Å². The van der Waals surface area contributed by atoms with E-state index in [0.717, 1.165) is 22.5 Å². The number of carbonyl (C=O) groups excluding carboxylic acids is 1. The molecule has 3 aromatic rings. The third kappa shape index (κ3) is 2.74. The number of halogens is 1. The Kier molecular flexibility index (Phi) is 3.93. The van der Waals surface area contributed by atoms with Crippen LogP contribution in [0.25, 0.3) is 16.0 Å². The number of rotatable bonds is 4. The van der Waals surface area contributed by atoms with Crippen LogP contribution in [0.2, 0.25) is 5.02 Å². The van der Waals surface area contributed by atoms with E-state index in [1.165, 1.54) is 16.9 Å². The summed E-state index contributed by atoms with van der Waals surface area (Å²) in [5.41, 5.74) is 7.82. The predicted molar refractivity (Wildman–Crippen MR) is 91.0 cm³/mol. The summed E-state index contributed by atoms with van der Waals surface area (Å²) in [6.07, 6.45) is 3.05. The van der Waals surface area contributed by atoms with E-state index in [-0.39, 0.29) is 5.69 Å². The number of primary amides is 1. The molecule has 1 aromatic carbocycles. The summed E-state index contributed by atoms with van der Waals surface area (Å²) in [6.45, 7) is 4.38. The summed E-state index contributed by atoms with van der Waals surface area (Å²) in [7, 11) is 0. The minimum Gasteiger partial charge on any atom is -0.364 e. The molecule has 2 N–H and O–H groups in total. The normalized spacial score (nSPS) is 11.5. The van der Waals surface area contributed by atoms with E-state index in [2.05, 4.69) is 25.0 Å². The maximum atomic E-state index is 11.2. The first-order valence-electron chi connectivity index (χ1n) is 7.01. The molecule has 6 heteroatoms.